The Morgan fingerprint density at radius 2 is 1.86 bits per heavy atom. The molecule has 2 aliphatic carbocycles. The molecule has 1 saturated heterocycles. The van der Waals surface area contributed by atoms with Crippen LogP contribution in [-0.2, 0) is 37.0 Å². The number of alkyl halides is 3. The van der Waals surface area contributed by atoms with E-state index in [0.717, 1.165) is 41.2 Å². The maximum absolute atomic E-state index is 14.8. The largest absolute Gasteiger partial charge is 0.483 e. The van der Waals surface area contributed by atoms with Crippen LogP contribution in [0.4, 0.5) is 19.0 Å². The molecule has 0 unspecified atom stereocenters. The summed E-state index contributed by atoms with van der Waals surface area (Å²) in [6.45, 7) is 3.40. The number of hydrogen-bond acceptors (Lipinski definition) is 9. The van der Waals surface area contributed by atoms with Crippen LogP contribution in [0.1, 0.15) is 88.0 Å². The number of hydrogen-bond donors (Lipinski definition) is 3. The van der Waals surface area contributed by atoms with Gasteiger partial charge in [-0.25, -0.2) is 18.4 Å². The van der Waals surface area contributed by atoms with E-state index in [4.69, 9.17) is 9.72 Å². The van der Waals surface area contributed by atoms with Crippen molar-refractivity contribution >= 4 is 44.5 Å². The molecule has 0 radical (unpaired) electrons. The zero-order valence-corrected chi connectivity index (χ0v) is 32.1. The molecule has 0 bridgehead atoms. The van der Waals surface area contributed by atoms with Crippen molar-refractivity contribution in [3.63, 3.8) is 0 Å². The molecule has 3 amide bonds. The fourth-order valence-corrected chi connectivity index (χ4v) is 9.82. The molecule has 3 fully saturated rings. The van der Waals surface area contributed by atoms with Crippen molar-refractivity contribution in [1.29, 1.82) is 0 Å². The molecule has 12 nitrogen and oxygen atoms in total. The molecule has 2 aromatic heterocycles. The van der Waals surface area contributed by atoms with E-state index in [-0.39, 0.29) is 31.6 Å². The highest BCUT2D eigenvalue weighted by Gasteiger charge is 2.64. The van der Waals surface area contributed by atoms with Crippen molar-refractivity contribution in [3.05, 3.63) is 71.6 Å². The normalized spacial score (nSPS) is 28.9. The van der Waals surface area contributed by atoms with Crippen molar-refractivity contribution in [1.82, 2.24) is 24.9 Å². The second-order valence-electron chi connectivity index (χ2n) is 16.3. The lowest BCUT2D eigenvalue weighted by molar-refractivity contribution is -0.140. The lowest BCUT2D eigenvalue weighted by atomic mass is 9.87. The van der Waals surface area contributed by atoms with Gasteiger partial charge in [0.05, 0.1) is 28.1 Å². The van der Waals surface area contributed by atoms with Crippen molar-refractivity contribution in [2.45, 2.75) is 119 Å². The quantitative estimate of drug-likeness (QED) is 0.284. The molecule has 56 heavy (non-hydrogen) atoms. The lowest BCUT2D eigenvalue weighted by Crippen LogP contribution is -2.58. The fourth-order valence-electron chi connectivity index (χ4n) is 8.51. The third-order valence-corrected chi connectivity index (χ3v) is 14.5. The van der Waals surface area contributed by atoms with Gasteiger partial charge in [-0.2, -0.15) is 13.2 Å². The summed E-state index contributed by atoms with van der Waals surface area (Å²) in [6, 6.07) is 7.25. The van der Waals surface area contributed by atoms with Gasteiger partial charge < -0.3 is 20.3 Å². The molecule has 1 aromatic carbocycles. The van der Waals surface area contributed by atoms with Crippen LogP contribution < -0.4 is 20.1 Å². The third-order valence-electron chi connectivity index (χ3n) is 12.3. The van der Waals surface area contributed by atoms with Gasteiger partial charge in [-0.1, -0.05) is 43.2 Å². The number of carbonyl (C=O) groups is 3. The Bertz CT molecular complexity index is 2250. The first kappa shape index (κ1) is 38.2. The zero-order chi connectivity index (χ0) is 39.7. The topological polar surface area (TPSA) is 160 Å². The number of aromatic nitrogens is 2. The number of para-hydroxylation sites is 1. The molecule has 2 saturated carbocycles. The van der Waals surface area contributed by atoms with Crippen LogP contribution in [0.3, 0.4) is 0 Å². The van der Waals surface area contributed by atoms with Gasteiger partial charge in [0, 0.05) is 29.5 Å². The number of sulfonamides is 1. The number of amides is 3. The molecule has 5 aliphatic rings. The smallest absolute Gasteiger partial charge is 0.416 e. The van der Waals surface area contributed by atoms with Gasteiger partial charge >= 0.3 is 6.18 Å². The maximum Gasteiger partial charge on any atom is 0.416 e. The highest BCUT2D eigenvalue weighted by atomic mass is 32.2. The molecule has 3 aromatic rings. The van der Waals surface area contributed by atoms with Crippen LogP contribution in [0.5, 0.6) is 5.75 Å². The molecule has 16 heteroatoms. The van der Waals surface area contributed by atoms with Gasteiger partial charge in [-0.15, -0.1) is 0 Å². The Hall–Kier alpha value is -4.73. The summed E-state index contributed by atoms with van der Waals surface area (Å²) in [5.74, 6) is -2.02. The summed E-state index contributed by atoms with van der Waals surface area (Å²) in [4.78, 5) is 53.7. The first-order chi connectivity index (χ1) is 26.5. The molecule has 5 heterocycles. The first-order valence-corrected chi connectivity index (χ1v) is 20.7. The zero-order valence-electron chi connectivity index (χ0n) is 31.2. The number of anilines is 1. The van der Waals surface area contributed by atoms with Crippen LogP contribution in [-0.4, -0.2) is 75.5 Å². The van der Waals surface area contributed by atoms with Crippen LogP contribution >= 0.6 is 0 Å². The molecule has 5 atom stereocenters. The predicted molar refractivity (Wildman–Crippen MR) is 201 cm³/mol. The summed E-state index contributed by atoms with van der Waals surface area (Å²) in [5.41, 5.74) is -1.06. The molecular weight excluding hydrogens is 750 g/mol. The molecule has 3 aliphatic heterocycles. The van der Waals surface area contributed by atoms with Crippen LogP contribution in [0, 0.1) is 12.8 Å². The number of aryl methyl sites for hydroxylation is 2. The number of benzene rings is 1. The van der Waals surface area contributed by atoms with Gasteiger partial charge in [-0.05, 0) is 83.4 Å². The lowest BCUT2D eigenvalue weighted by Gasteiger charge is -2.36. The number of rotatable bonds is 5. The van der Waals surface area contributed by atoms with E-state index in [0.29, 0.717) is 56.4 Å². The van der Waals surface area contributed by atoms with Crippen LogP contribution in [0.25, 0.3) is 10.9 Å². The Morgan fingerprint density at radius 3 is 2.62 bits per heavy atom. The van der Waals surface area contributed by atoms with Gasteiger partial charge in [-0.3, -0.25) is 19.1 Å². The number of fused-ring (bicyclic) bond motifs is 5. The van der Waals surface area contributed by atoms with E-state index in [1.165, 1.54) is 4.90 Å². The average Bonchev–Trinajstić information content (AvgIpc) is 4.05. The number of pyridine rings is 2. The third kappa shape index (κ3) is 6.98. The van der Waals surface area contributed by atoms with E-state index in [9.17, 15) is 36.0 Å². The minimum Gasteiger partial charge on any atom is -0.483 e. The van der Waals surface area contributed by atoms with E-state index in [1.54, 1.807) is 6.92 Å². The van der Waals surface area contributed by atoms with E-state index < -0.39 is 73.4 Å². The number of halogens is 3. The monoisotopic (exact) mass is 794 g/mol. The summed E-state index contributed by atoms with van der Waals surface area (Å²) < 4.78 is 75.5. The molecule has 1 spiro atoms. The van der Waals surface area contributed by atoms with Crippen molar-refractivity contribution < 1.29 is 40.7 Å². The standard InChI is InChI=1S/C40H45F3N6O6S/c1-24-33-28(27-11-8-9-12-29(27)45-24)14-16-38(55-33)22-31-34(50)47-39(36(52)48-56(53,54)37(2)17-18-37)21-26(39)10-6-4-3-5-7-13-30(35(51)49(31)23-38)46-32-20-25(15-19-44-32)40(41,42)43/h6,8-12,15,19-20,26,30-31H,3-5,7,13-14,16-18,21-23H2,1-2H3,(H,44,46)(H,47,50)(H,48,52)/t26-,30+,31+,38-,39-/m1/s1. The van der Waals surface area contributed by atoms with E-state index >= 15 is 0 Å². The van der Waals surface area contributed by atoms with Gasteiger partial charge in [0.25, 0.3) is 5.91 Å². The highest BCUT2D eigenvalue weighted by molar-refractivity contribution is 7.91. The average molecular weight is 795 g/mol. The van der Waals surface area contributed by atoms with Gasteiger partial charge in [0.1, 0.15) is 34.8 Å². The second-order valence-corrected chi connectivity index (χ2v) is 18.5. The minimum atomic E-state index is -4.63. The van der Waals surface area contributed by atoms with Gasteiger partial charge in [0.15, 0.2) is 0 Å². The van der Waals surface area contributed by atoms with Crippen molar-refractivity contribution in [2.24, 2.45) is 5.92 Å². The number of allylic oxidation sites excluding steroid dienone is 1. The number of nitrogens with one attached hydrogen (secondary N) is 3. The summed E-state index contributed by atoms with van der Waals surface area (Å²) in [6.07, 6.45) is 5.11. The van der Waals surface area contributed by atoms with E-state index in [1.807, 2.05) is 43.3 Å². The number of carbonyl (C=O) groups excluding carboxylic acids is 3. The molecule has 3 N–H and O–H groups in total. The highest BCUT2D eigenvalue weighted by Crippen LogP contribution is 2.49. The Labute approximate surface area is 323 Å². The SMILES string of the molecule is Cc1nc2ccccc2c2c1O[C@]1(CC2)C[C@H]2C(=O)N[C@]3(C(=O)NS(=O)(=O)C4(C)CC4)C[C@H]3C=CCCCCC[C@H](Nc3cc(C(F)(F)F)ccn3)C(=O)N2C1. The Balaban J connectivity index is 1.15. The molecular formula is C40H45F3N6O6S. The maximum atomic E-state index is 14.8. The molecule has 8 rings (SSSR count). The predicted octanol–water partition coefficient (Wildman–Crippen LogP) is 5.50. The summed E-state index contributed by atoms with van der Waals surface area (Å²) in [5, 5.41) is 6.80. The van der Waals surface area contributed by atoms with E-state index in [2.05, 4.69) is 20.3 Å². The summed E-state index contributed by atoms with van der Waals surface area (Å²) in [7, 11) is -4.03. The van der Waals surface area contributed by atoms with Crippen LogP contribution in [0.2, 0.25) is 0 Å². The summed E-state index contributed by atoms with van der Waals surface area (Å²) >= 11 is 0. The Morgan fingerprint density at radius 1 is 1.07 bits per heavy atom. The fraction of sp³-hybridized carbons (Fsp3) is 0.525. The van der Waals surface area contributed by atoms with Crippen LogP contribution in [0.15, 0.2) is 54.7 Å². The first-order valence-electron chi connectivity index (χ1n) is 19.3. The number of nitrogens with zero attached hydrogens (tertiary/aromatic N) is 3. The van der Waals surface area contributed by atoms with Gasteiger partial charge in [0.2, 0.25) is 21.8 Å². The minimum absolute atomic E-state index is 0.0148. The Kier molecular flexibility index (Phi) is 9.36. The van der Waals surface area contributed by atoms with Crippen molar-refractivity contribution in [2.75, 3.05) is 11.9 Å². The molecule has 298 valence electrons. The second kappa shape index (κ2) is 13.7. The number of ether oxygens (including phenoxy) is 1. The van der Waals surface area contributed by atoms with Crippen molar-refractivity contribution in [3.8, 4) is 5.75 Å².